The van der Waals surface area contributed by atoms with E-state index >= 15 is 0 Å². The molecule has 8 heteroatoms. The fourth-order valence-electron chi connectivity index (χ4n) is 2.71. The van der Waals surface area contributed by atoms with Crippen molar-refractivity contribution >= 4 is 23.2 Å². The Morgan fingerprint density at radius 1 is 1.03 bits per heavy atom. The van der Waals surface area contributed by atoms with Crippen molar-refractivity contribution in [2.45, 2.75) is 13.0 Å². The fraction of sp³-hybridized carbons (Fsp3) is 0.190. The predicted molar refractivity (Wildman–Crippen MR) is 111 cm³/mol. The smallest absolute Gasteiger partial charge is 0.287 e. The van der Waals surface area contributed by atoms with E-state index in [1.54, 1.807) is 12.1 Å². The minimum atomic E-state index is -0.388. The second-order valence-corrected chi connectivity index (χ2v) is 6.78. The molecule has 0 saturated carbocycles. The van der Waals surface area contributed by atoms with Gasteiger partial charge in [0.05, 0.1) is 24.8 Å². The highest BCUT2D eigenvalue weighted by molar-refractivity contribution is 6.32. The third-order valence-electron chi connectivity index (χ3n) is 4.20. The Kier molecular flexibility index (Phi) is 6.97. The van der Waals surface area contributed by atoms with Crippen LogP contribution in [0.25, 0.3) is 0 Å². The molecule has 3 aromatic rings. The zero-order valence-electron chi connectivity index (χ0n) is 15.6. The van der Waals surface area contributed by atoms with Crippen LogP contribution in [0.2, 0.25) is 5.02 Å². The third kappa shape index (κ3) is 5.89. The number of amides is 1. The van der Waals surface area contributed by atoms with Crippen molar-refractivity contribution in [1.29, 1.82) is 0 Å². The predicted octanol–water partition coefficient (Wildman–Crippen LogP) is 2.85. The van der Waals surface area contributed by atoms with E-state index < -0.39 is 0 Å². The van der Waals surface area contributed by atoms with E-state index in [-0.39, 0.29) is 28.7 Å². The molecule has 1 aromatic heterocycles. The van der Waals surface area contributed by atoms with Gasteiger partial charge < -0.3 is 10.6 Å². The van der Waals surface area contributed by atoms with E-state index in [2.05, 4.69) is 15.7 Å². The summed E-state index contributed by atoms with van der Waals surface area (Å²) in [6, 6.07) is 15.3. The van der Waals surface area contributed by atoms with Crippen molar-refractivity contribution in [2.75, 3.05) is 18.4 Å². The van der Waals surface area contributed by atoms with E-state index in [1.807, 2.05) is 30.3 Å². The van der Waals surface area contributed by atoms with E-state index in [9.17, 15) is 14.0 Å². The van der Waals surface area contributed by atoms with Gasteiger partial charge in [0.25, 0.3) is 5.56 Å². The van der Waals surface area contributed by atoms with Gasteiger partial charge in [-0.05, 0) is 23.3 Å². The number of hydrogen-bond donors (Lipinski definition) is 2. The lowest BCUT2D eigenvalue weighted by Gasteiger charge is -2.11. The van der Waals surface area contributed by atoms with E-state index in [1.165, 1.54) is 23.0 Å². The summed E-state index contributed by atoms with van der Waals surface area (Å²) in [5.74, 6) is -0.518. The number of benzene rings is 2. The Hall–Kier alpha value is -3.19. The minimum Gasteiger partial charge on any atom is -0.381 e. The topological polar surface area (TPSA) is 76.0 Å². The first-order valence-corrected chi connectivity index (χ1v) is 9.45. The molecule has 2 aromatic carbocycles. The maximum Gasteiger partial charge on any atom is 0.287 e. The number of rotatable bonds is 8. The number of aromatic nitrogens is 2. The van der Waals surface area contributed by atoms with Crippen molar-refractivity contribution in [3.8, 4) is 0 Å². The summed E-state index contributed by atoms with van der Waals surface area (Å²) in [6.45, 7) is 1.04. The first-order valence-electron chi connectivity index (χ1n) is 9.07. The summed E-state index contributed by atoms with van der Waals surface area (Å²) in [5.41, 5.74) is 1.70. The largest absolute Gasteiger partial charge is 0.381 e. The molecule has 3 rings (SSSR count). The van der Waals surface area contributed by atoms with Gasteiger partial charge in [0, 0.05) is 13.1 Å². The van der Waals surface area contributed by atoms with E-state index in [4.69, 9.17) is 11.6 Å². The van der Waals surface area contributed by atoms with Crippen LogP contribution in [0.5, 0.6) is 0 Å². The molecular weight excluding hydrogens is 395 g/mol. The minimum absolute atomic E-state index is 0.0496. The second-order valence-electron chi connectivity index (χ2n) is 6.40. The maximum atomic E-state index is 12.9. The highest BCUT2D eigenvalue weighted by Gasteiger charge is 2.10. The first kappa shape index (κ1) is 20.5. The summed E-state index contributed by atoms with van der Waals surface area (Å²) < 4.78 is 14.2. The van der Waals surface area contributed by atoms with Crippen molar-refractivity contribution in [2.24, 2.45) is 0 Å². The fourth-order valence-corrected chi connectivity index (χ4v) is 2.92. The molecule has 0 spiro atoms. The molecule has 29 heavy (non-hydrogen) atoms. The molecule has 0 aliphatic heterocycles. The highest BCUT2D eigenvalue weighted by atomic mass is 35.5. The van der Waals surface area contributed by atoms with Gasteiger partial charge in [0.2, 0.25) is 5.91 Å². The average molecular weight is 415 g/mol. The zero-order chi connectivity index (χ0) is 20.6. The van der Waals surface area contributed by atoms with Crippen molar-refractivity contribution in [3.63, 3.8) is 0 Å². The summed E-state index contributed by atoms with van der Waals surface area (Å²) in [4.78, 5) is 24.3. The van der Waals surface area contributed by atoms with Crippen molar-refractivity contribution < 1.29 is 9.18 Å². The van der Waals surface area contributed by atoms with Crippen LogP contribution in [0.3, 0.4) is 0 Å². The lowest BCUT2D eigenvalue weighted by Crippen LogP contribution is -2.30. The zero-order valence-corrected chi connectivity index (χ0v) is 16.3. The highest BCUT2D eigenvalue weighted by Crippen LogP contribution is 2.15. The Balaban J connectivity index is 1.49. The molecule has 0 unspecified atom stereocenters. The van der Waals surface area contributed by atoms with Crippen LogP contribution in [0.15, 0.2) is 65.6 Å². The van der Waals surface area contributed by atoms with Gasteiger partial charge in [0.15, 0.2) is 0 Å². The quantitative estimate of drug-likeness (QED) is 0.556. The third-order valence-corrected chi connectivity index (χ3v) is 4.57. The molecule has 2 N–H and O–H groups in total. The lowest BCUT2D eigenvalue weighted by molar-refractivity contribution is -0.120. The number of carbonyl (C=O) groups excluding carboxylic acids is 1. The van der Waals surface area contributed by atoms with Gasteiger partial charge in [-0.1, -0.05) is 54.1 Å². The number of nitrogens with zero attached hydrogens (tertiary/aromatic N) is 2. The summed E-state index contributed by atoms with van der Waals surface area (Å²) in [5, 5.41) is 9.95. The normalized spacial score (nSPS) is 10.6. The van der Waals surface area contributed by atoms with Crippen LogP contribution in [0.1, 0.15) is 11.1 Å². The molecule has 1 heterocycles. The molecule has 6 nitrogen and oxygen atoms in total. The molecule has 0 saturated heterocycles. The number of nitrogens with one attached hydrogen (secondary N) is 2. The van der Waals surface area contributed by atoms with Gasteiger partial charge in [-0.25, -0.2) is 9.07 Å². The molecule has 0 bridgehead atoms. The first-order chi connectivity index (χ1) is 14.0. The number of carbonyl (C=O) groups is 1. The molecular formula is C21H20ClFN4O2. The van der Waals surface area contributed by atoms with Gasteiger partial charge in [-0.15, -0.1) is 0 Å². The number of hydrogen-bond acceptors (Lipinski definition) is 4. The Labute approximate surface area is 172 Å². The van der Waals surface area contributed by atoms with E-state index in [0.717, 1.165) is 11.1 Å². The molecule has 150 valence electrons. The summed E-state index contributed by atoms with van der Waals surface area (Å²) >= 11 is 6.17. The Bertz CT molecular complexity index is 1020. The van der Waals surface area contributed by atoms with Gasteiger partial charge in [-0.3, -0.25) is 9.59 Å². The van der Waals surface area contributed by atoms with Crippen LogP contribution in [0, 0.1) is 5.82 Å². The monoisotopic (exact) mass is 414 g/mol. The summed E-state index contributed by atoms with van der Waals surface area (Å²) in [6.07, 6.45) is 1.66. The molecule has 0 fully saturated rings. The number of anilines is 1. The SMILES string of the molecule is O=C(Cc1ccc(F)cc1)NCCNc1cnn(Cc2ccccc2)c(=O)c1Cl. The van der Waals surface area contributed by atoms with Crippen molar-refractivity contribution in [3.05, 3.63) is 93.1 Å². The van der Waals surface area contributed by atoms with Crippen LogP contribution in [-0.2, 0) is 17.8 Å². The summed E-state index contributed by atoms with van der Waals surface area (Å²) in [7, 11) is 0. The lowest BCUT2D eigenvalue weighted by atomic mass is 10.1. The molecule has 0 atom stereocenters. The molecule has 0 radical (unpaired) electrons. The number of halogens is 2. The van der Waals surface area contributed by atoms with Gasteiger partial charge >= 0.3 is 0 Å². The Morgan fingerprint density at radius 2 is 1.76 bits per heavy atom. The second kappa shape index (κ2) is 9.84. The van der Waals surface area contributed by atoms with Crippen LogP contribution >= 0.6 is 11.6 Å². The van der Waals surface area contributed by atoms with Gasteiger partial charge in [0.1, 0.15) is 10.8 Å². The van der Waals surface area contributed by atoms with Crippen LogP contribution in [0.4, 0.5) is 10.1 Å². The van der Waals surface area contributed by atoms with Gasteiger partial charge in [-0.2, -0.15) is 5.10 Å². The maximum absolute atomic E-state index is 12.9. The Morgan fingerprint density at radius 3 is 2.48 bits per heavy atom. The molecule has 0 aliphatic rings. The molecule has 0 aliphatic carbocycles. The van der Waals surface area contributed by atoms with Crippen molar-refractivity contribution in [1.82, 2.24) is 15.1 Å². The average Bonchev–Trinajstić information content (AvgIpc) is 2.73. The molecule has 1 amide bonds. The van der Waals surface area contributed by atoms with Crippen LogP contribution < -0.4 is 16.2 Å². The van der Waals surface area contributed by atoms with Crippen LogP contribution in [-0.4, -0.2) is 28.8 Å². The van der Waals surface area contributed by atoms with E-state index in [0.29, 0.717) is 25.3 Å². The standard InChI is InChI=1S/C21H20ClFN4O2/c22-20-18(13-26-27(21(20)29)14-16-4-2-1-3-5-16)24-10-11-25-19(28)12-15-6-8-17(23)9-7-15/h1-9,13,24H,10-12,14H2,(H,25,28).